The highest BCUT2D eigenvalue weighted by Crippen LogP contribution is 2.29. The number of nitrogens with zero attached hydrogens (tertiary/aromatic N) is 1. The largest absolute Gasteiger partial charge is 0.497 e. The summed E-state index contributed by atoms with van der Waals surface area (Å²) in [6, 6.07) is 4.77. The van der Waals surface area contributed by atoms with Gasteiger partial charge in [-0.3, -0.25) is 4.79 Å². The molecule has 0 bridgehead atoms. The Morgan fingerprint density at radius 3 is 2.64 bits per heavy atom. The van der Waals surface area contributed by atoms with Crippen molar-refractivity contribution < 1.29 is 31.9 Å². The van der Waals surface area contributed by atoms with E-state index in [-0.39, 0.29) is 17.3 Å². The van der Waals surface area contributed by atoms with Gasteiger partial charge in [-0.15, -0.1) is 0 Å². The van der Waals surface area contributed by atoms with Gasteiger partial charge in [0.25, 0.3) is 5.91 Å². The average Bonchev–Trinajstić information content (AvgIpc) is 3.19. The van der Waals surface area contributed by atoms with Crippen LogP contribution in [0.5, 0.6) is 5.75 Å². The second kappa shape index (κ2) is 7.46. The first-order valence-electron chi connectivity index (χ1n) is 8.88. The number of carbonyl (C=O) groups excluding carboxylic acids is 2. The molecule has 28 heavy (non-hydrogen) atoms. The zero-order valence-corrected chi connectivity index (χ0v) is 17.0. The monoisotopic (exact) mass is 409 g/mol. The van der Waals surface area contributed by atoms with Crippen LogP contribution in [-0.2, 0) is 19.4 Å². The summed E-state index contributed by atoms with van der Waals surface area (Å²) in [5, 5.41) is 0.721. The number of aryl methyl sites for hydroxylation is 1. The van der Waals surface area contributed by atoms with E-state index >= 15 is 0 Å². The minimum Gasteiger partial charge on any atom is -0.497 e. The Kier molecular flexibility index (Phi) is 5.38. The molecule has 1 aliphatic rings. The zero-order chi connectivity index (χ0) is 20.6. The van der Waals surface area contributed by atoms with Gasteiger partial charge in [-0.1, -0.05) is 0 Å². The summed E-state index contributed by atoms with van der Waals surface area (Å²) in [6.45, 7) is 3.19. The number of esters is 1. The van der Waals surface area contributed by atoms with Crippen molar-refractivity contribution in [3.8, 4) is 5.75 Å². The highest BCUT2D eigenvalue weighted by Gasteiger charge is 2.35. The third-order valence-corrected chi connectivity index (χ3v) is 6.81. The molecule has 8 nitrogen and oxygen atoms in total. The van der Waals surface area contributed by atoms with Gasteiger partial charge in [-0.05, 0) is 38.5 Å². The van der Waals surface area contributed by atoms with Crippen molar-refractivity contribution in [3.63, 3.8) is 0 Å². The Labute approximate surface area is 163 Å². The number of benzene rings is 1. The molecule has 0 aliphatic carbocycles. The van der Waals surface area contributed by atoms with Gasteiger partial charge in [0.05, 0.1) is 18.6 Å². The second-order valence-electron chi connectivity index (χ2n) is 6.97. The minimum atomic E-state index is -3.12. The van der Waals surface area contributed by atoms with Gasteiger partial charge in [0.2, 0.25) is 5.76 Å². The van der Waals surface area contributed by atoms with Gasteiger partial charge in [-0.25, -0.2) is 13.2 Å². The predicted molar refractivity (Wildman–Crippen MR) is 102 cm³/mol. The average molecular weight is 409 g/mol. The van der Waals surface area contributed by atoms with Gasteiger partial charge in [-0.2, -0.15) is 0 Å². The molecule has 1 aromatic heterocycles. The Hall–Kier alpha value is -2.55. The summed E-state index contributed by atoms with van der Waals surface area (Å²) < 4.78 is 39.3. The number of rotatable bonds is 5. The van der Waals surface area contributed by atoms with Crippen LogP contribution in [0.1, 0.15) is 29.5 Å². The number of hydrogen-bond donors (Lipinski definition) is 0. The third-order valence-electron chi connectivity index (χ3n) is 5.06. The molecule has 0 radical (unpaired) electrons. The molecule has 1 fully saturated rings. The molecule has 3 rings (SSSR count). The van der Waals surface area contributed by atoms with Crippen LogP contribution in [-0.4, -0.2) is 63.0 Å². The summed E-state index contributed by atoms with van der Waals surface area (Å²) in [7, 11) is -0.0474. The van der Waals surface area contributed by atoms with E-state index in [1.807, 2.05) is 0 Å². The fourth-order valence-electron chi connectivity index (χ4n) is 3.33. The van der Waals surface area contributed by atoms with Crippen LogP contribution in [0, 0.1) is 6.92 Å². The second-order valence-corrected chi connectivity index (χ2v) is 9.20. The Morgan fingerprint density at radius 2 is 2.04 bits per heavy atom. The van der Waals surface area contributed by atoms with E-state index in [1.165, 1.54) is 18.9 Å². The molecule has 0 spiro atoms. The van der Waals surface area contributed by atoms with Crippen molar-refractivity contribution in [1.29, 1.82) is 0 Å². The van der Waals surface area contributed by atoms with Gasteiger partial charge in [0.1, 0.15) is 11.3 Å². The number of likely N-dealkylation sites (N-methyl/N-ethyl adjacent to an activating group) is 1. The standard InChI is InChI=1S/C19H23NO7S/c1-11-15-9-14(25-4)5-6-16(15)27-17(11)19(22)26-12(2)18(21)20(3)13-7-8-28(23,24)10-13/h5-6,9,12-13H,7-8,10H2,1-4H3/t12-,13+/m0/s1. The van der Waals surface area contributed by atoms with Crippen LogP contribution < -0.4 is 4.74 Å². The third kappa shape index (κ3) is 3.84. The number of carbonyl (C=O) groups is 2. The molecule has 1 aliphatic heterocycles. The van der Waals surface area contributed by atoms with Crippen LogP contribution in [0.4, 0.5) is 0 Å². The molecule has 9 heteroatoms. The molecule has 152 valence electrons. The summed E-state index contributed by atoms with van der Waals surface area (Å²) in [5.74, 6) is -0.556. The molecule has 1 amide bonds. The molecule has 1 saturated heterocycles. The van der Waals surface area contributed by atoms with Crippen LogP contribution >= 0.6 is 0 Å². The highest BCUT2D eigenvalue weighted by molar-refractivity contribution is 7.91. The fraction of sp³-hybridized carbons (Fsp3) is 0.474. The van der Waals surface area contributed by atoms with E-state index in [2.05, 4.69) is 0 Å². The van der Waals surface area contributed by atoms with Crippen molar-refractivity contribution in [3.05, 3.63) is 29.5 Å². The first-order valence-corrected chi connectivity index (χ1v) is 10.7. The Balaban J connectivity index is 1.72. The molecule has 2 atom stereocenters. The predicted octanol–water partition coefficient (Wildman–Crippen LogP) is 1.94. The molecule has 2 aromatic rings. The van der Waals surface area contributed by atoms with Gasteiger partial charge in [0, 0.05) is 24.0 Å². The van der Waals surface area contributed by atoms with Crippen molar-refractivity contribution in [2.24, 2.45) is 0 Å². The van der Waals surface area contributed by atoms with E-state index in [0.29, 0.717) is 23.3 Å². The molecule has 2 heterocycles. The summed E-state index contributed by atoms with van der Waals surface area (Å²) in [4.78, 5) is 26.4. The maximum Gasteiger partial charge on any atom is 0.375 e. The minimum absolute atomic E-state index is 0.0222. The number of amides is 1. The topological polar surface area (TPSA) is 103 Å². The molecule has 0 N–H and O–H groups in total. The quantitative estimate of drug-likeness (QED) is 0.695. The number of furan rings is 1. The molecular weight excluding hydrogens is 386 g/mol. The van der Waals surface area contributed by atoms with Crippen LogP contribution in [0.3, 0.4) is 0 Å². The van der Waals surface area contributed by atoms with Gasteiger partial charge < -0.3 is 18.8 Å². The lowest BCUT2D eigenvalue weighted by Crippen LogP contribution is -2.44. The van der Waals surface area contributed by atoms with Crippen molar-refractivity contribution in [2.75, 3.05) is 25.7 Å². The number of fused-ring (bicyclic) bond motifs is 1. The van der Waals surface area contributed by atoms with Crippen molar-refractivity contribution in [1.82, 2.24) is 4.90 Å². The van der Waals surface area contributed by atoms with Gasteiger partial charge >= 0.3 is 5.97 Å². The maximum atomic E-state index is 12.6. The van der Waals surface area contributed by atoms with Crippen LogP contribution in [0.2, 0.25) is 0 Å². The van der Waals surface area contributed by atoms with Crippen LogP contribution in [0.25, 0.3) is 11.0 Å². The zero-order valence-electron chi connectivity index (χ0n) is 16.2. The Bertz CT molecular complexity index is 1020. The number of ether oxygens (including phenoxy) is 2. The first kappa shape index (κ1) is 20.2. The molecular formula is C19H23NO7S. The Morgan fingerprint density at radius 1 is 1.32 bits per heavy atom. The molecule has 1 aromatic carbocycles. The maximum absolute atomic E-state index is 12.6. The first-order chi connectivity index (χ1) is 13.1. The SMILES string of the molecule is COc1ccc2oc(C(=O)O[C@@H](C)C(=O)N(C)[C@@H]3CCS(=O)(=O)C3)c(C)c2c1. The lowest BCUT2D eigenvalue weighted by Gasteiger charge is -2.26. The lowest BCUT2D eigenvalue weighted by molar-refractivity contribution is -0.140. The molecule has 0 unspecified atom stereocenters. The van der Waals surface area contributed by atoms with Crippen LogP contribution in [0.15, 0.2) is 22.6 Å². The fourth-order valence-corrected chi connectivity index (χ4v) is 5.11. The van der Waals surface area contributed by atoms with E-state index in [9.17, 15) is 18.0 Å². The molecule has 0 saturated carbocycles. The smallest absolute Gasteiger partial charge is 0.375 e. The number of sulfone groups is 1. The van der Waals surface area contributed by atoms with Crippen molar-refractivity contribution >= 4 is 32.7 Å². The number of hydrogen-bond acceptors (Lipinski definition) is 7. The lowest BCUT2D eigenvalue weighted by atomic mass is 10.1. The van der Waals surface area contributed by atoms with E-state index in [0.717, 1.165) is 5.39 Å². The van der Waals surface area contributed by atoms with Crippen molar-refractivity contribution in [2.45, 2.75) is 32.4 Å². The van der Waals surface area contributed by atoms with Gasteiger partial charge in [0.15, 0.2) is 15.9 Å². The normalized spacial score (nSPS) is 19.4. The number of methoxy groups -OCH3 is 1. The van der Waals surface area contributed by atoms with E-state index in [1.54, 1.807) is 32.2 Å². The summed E-state index contributed by atoms with van der Waals surface area (Å²) in [5.41, 5.74) is 1.10. The summed E-state index contributed by atoms with van der Waals surface area (Å²) in [6.07, 6.45) is -0.682. The van der Waals surface area contributed by atoms with E-state index < -0.39 is 33.9 Å². The van der Waals surface area contributed by atoms with E-state index in [4.69, 9.17) is 13.9 Å². The highest BCUT2D eigenvalue weighted by atomic mass is 32.2. The summed E-state index contributed by atoms with van der Waals surface area (Å²) >= 11 is 0.